The Morgan fingerprint density at radius 1 is 0.889 bits per heavy atom. The van der Waals surface area contributed by atoms with Gasteiger partial charge in [-0.15, -0.1) is 0 Å². The zero-order valence-electron chi connectivity index (χ0n) is 9.45. The maximum atomic E-state index is 4.33. The largest absolute Gasteiger partial charge is 0.447 e. The molecule has 0 spiro atoms. The molecule has 0 atom stereocenters. The Hall–Kier alpha value is -1.77. The van der Waals surface area contributed by atoms with Crippen molar-refractivity contribution in [2.24, 2.45) is 0 Å². The molecule has 18 heavy (non-hydrogen) atoms. The SMILES string of the molecule is [Ir].[c-]1cnc(-c2ccccc2)n1-c1ccccn1. The summed E-state index contributed by atoms with van der Waals surface area (Å²) in [6.45, 7) is 0. The summed E-state index contributed by atoms with van der Waals surface area (Å²) >= 11 is 0. The van der Waals surface area contributed by atoms with Crippen LogP contribution in [0.1, 0.15) is 0 Å². The van der Waals surface area contributed by atoms with Crippen LogP contribution in [0.25, 0.3) is 17.2 Å². The van der Waals surface area contributed by atoms with Gasteiger partial charge in [-0.2, -0.15) is 0 Å². The molecule has 0 unspecified atom stereocenters. The molecule has 0 fully saturated rings. The van der Waals surface area contributed by atoms with Gasteiger partial charge in [0, 0.05) is 37.9 Å². The standard InChI is InChI=1S/C14H10N3.Ir/c1-2-6-12(7-3-1)14-16-10-11-17(14)13-8-4-5-9-15-13;/h1-10H;/q-1;. The predicted molar refractivity (Wildman–Crippen MR) is 65.6 cm³/mol. The van der Waals surface area contributed by atoms with Crippen LogP contribution in [0.4, 0.5) is 0 Å². The van der Waals surface area contributed by atoms with E-state index in [1.165, 1.54) is 0 Å². The molecular weight excluding hydrogens is 402 g/mol. The molecule has 1 radical (unpaired) electrons. The molecule has 0 aliphatic carbocycles. The van der Waals surface area contributed by atoms with E-state index in [0.29, 0.717) is 0 Å². The minimum Gasteiger partial charge on any atom is -0.447 e. The zero-order valence-corrected chi connectivity index (χ0v) is 11.8. The zero-order chi connectivity index (χ0) is 11.5. The number of imidazole rings is 1. The summed E-state index contributed by atoms with van der Waals surface area (Å²) in [5, 5.41) is 0. The van der Waals surface area contributed by atoms with Crippen LogP contribution in [-0.2, 0) is 20.1 Å². The first-order valence-electron chi connectivity index (χ1n) is 5.37. The van der Waals surface area contributed by atoms with Crippen molar-refractivity contribution in [1.29, 1.82) is 0 Å². The van der Waals surface area contributed by atoms with Crippen molar-refractivity contribution in [2.45, 2.75) is 0 Å². The average Bonchev–Trinajstić information content (AvgIpc) is 2.90. The Morgan fingerprint density at radius 3 is 2.39 bits per heavy atom. The van der Waals surface area contributed by atoms with Crippen molar-refractivity contribution in [3.8, 4) is 17.2 Å². The van der Waals surface area contributed by atoms with E-state index in [2.05, 4.69) is 16.2 Å². The van der Waals surface area contributed by atoms with Gasteiger partial charge < -0.3 is 14.5 Å². The van der Waals surface area contributed by atoms with Crippen LogP contribution in [0.3, 0.4) is 0 Å². The van der Waals surface area contributed by atoms with E-state index in [9.17, 15) is 0 Å². The first kappa shape index (κ1) is 12.7. The van der Waals surface area contributed by atoms with Gasteiger partial charge in [0.1, 0.15) is 0 Å². The summed E-state index contributed by atoms with van der Waals surface area (Å²) in [4.78, 5) is 8.63. The van der Waals surface area contributed by atoms with E-state index in [0.717, 1.165) is 17.2 Å². The van der Waals surface area contributed by atoms with Crippen molar-refractivity contribution in [1.82, 2.24) is 14.5 Å². The minimum atomic E-state index is 0. The fourth-order valence-electron chi connectivity index (χ4n) is 1.72. The minimum absolute atomic E-state index is 0. The van der Waals surface area contributed by atoms with Gasteiger partial charge in [-0.3, -0.25) is 0 Å². The number of nitrogens with zero attached hydrogens (tertiary/aromatic N) is 3. The monoisotopic (exact) mass is 413 g/mol. The Kier molecular flexibility index (Phi) is 4.03. The predicted octanol–water partition coefficient (Wildman–Crippen LogP) is 2.73. The van der Waals surface area contributed by atoms with Crippen LogP contribution >= 0.6 is 0 Å². The van der Waals surface area contributed by atoms with Crippen LogP contribution in [0, 0.1) is 6.20 Å². The van der Waals surface area contributed by atoms with Crippen molar-refractivity contribution in [2.75, 3.05) is 0 Å². The van der Waals surface area contributed by atoms with E-state index >= 15 is 0 Å². The maximum absolute atomic E-state index is 4.33. The molecule has 2 heterocycles. The van der Waals surface area contributed by atoms with Crippen LogP contribution in [0.15, 0.2) is 60.9 Å². The molecule has 91 valence electrons. The molecule has 2 aromatic heterocycles. The van der Waals surface area contributed by atoms with Gasteiger partial charge in [0.15, 0.2) is 0 Å². The second kappa shape index (κ2) is 5.71. The molecule has 3 aromatic rings. The van der Waals surface area contributed by atoms with Gasteiger partial charge >= 0.3 is 0 Å². The molecule has 0 saturated heterocycles. The second-order valence-electron chi connectivity index (χ2n) is 3.60. The van der Waals surface area contributed by atoms with Crippen molar-refractivity contribution >= 4 is 0 Å². The average molecular weight is 412 g/mol. The van der Waals surface area contributed by atoms with Crippen molar-refractivity contribution in [3.05, 3.63) is 67.1 Å². The van der Waals surface area contributed by atoms with Gasteiger partial charge in [-0.1, -0.05) is 48.7 Å². The molecule has 0 aliphatic rings. The molecule has 3 nitrogen and oxygen atoms in total. The quantitative estimate of drug-likeness (QED) is 0.606. The van der Waals surface area contributed by atoms with E-state index in [1.807, 2.05) is 53.1 Å². The third-order valence-electron chi connectivity index (χ3n) is 2.50. The van der Waals surface area contributed by atoms with Gasteiger partial charge in [0.2, 0.25) is 0 Å². The Labute approximate surface area is 119 Å². The topological polar surface area (TPSA) is 30.7 Å². The smallest absolute Gasteiger partial charge is 0.0333 e. The Balaban J connectivity index is 0.00000120. The Bertz CT molecular complexity index is 551. The number of rotatable bonds is 2. The summed E-state index contributed by atoms with van der Waals surface area (Å²) < 4.78 is 1.86. The number of pyridine rings is 1. The summed E-state index contributed by atoms with van der Waals surface area (Å²) in [6.07, 6.45) is 6.49. The molecule has 0 aliphatic heterocycles. The van der Waals surface area contributed by atoms with Crippen LogP contribution in [0.5, 0.6) is 0 Å². The molecule has 0 amide bonds. The van der Waals surface area contributed by atoms with Crippen LogP contribution < -0.4 is 0 Å². The fraction of sp³-hybridized carbons (Fsp3) is 0. The first-order chi connectivity index (χ1) is 8.45. The number of benzene rings is 1. The summed E-state index contributed by atoms with van der Waals surface area (Å²) in [5.74, 6) is 1.67. The second-order valence-corrected chi connectivity index (χ2v) is 3.60. The molecule has 0 saturated carbocycles. The van der Waals surface area contributed by atoms with E-state index in [-0.39, 0.29) is 20.1 Å². The van der Waals surface area contributed by atoms with Crippen LogP contribution in [-0.4, -0.2) is 14.5 Å². The van der Waals surface area contributed by atoms with E-state index < -0.39 is 0 Å². The molecule has 4 heteroatoms. The Morgan fingerprint density at radius 2 is 1.67 bits per heavy atom. The van der Waals surface area contributed by atoms with Crippen molar-refractivity contribution in [3.63, 3.8) is 0 Å². The molecule has 0 bridgehead atoms. The maximum Gasteiger partial charge on any atom is 0.0333 e. The molecule has 1 aromatic carbocycles. The fourth-order valence-corrected chi connectivity index (χ4v) is 1.72. The summed E-state index contributed by atoms with van der Waals surface area (Å²) in [7, 11) is 0. The summed E-state index contributed by atoms with van der Waals surface area (Å²) in [6, 6.07) is 15.8. The van der Waals surface area contributed by atoms with E-state index in [4.69, 9.17) is 0 Å². The molecule has 3 rings (SSSR count). The number of aromatic nitrogens is 3. The third-order valence-corrected chi connectivity index (χ3v) is 2.50. The van der Waals surface area contributed by atoms with Crippen LogP contribution in [0.2, 0.25) is 0 Å². The molecule has 0 N–H and O–H groups in total. The third kappa shape index (κ3) is 2.40. The number of hydrogen-bond acceptors (Lipinski definition) is 2. The van der Waals surface area contributed by atoms with Gasteiger partial charge in [0.25, 0.3) is 0 Å². The van der Waals surface area contributed by atoms with Gasteiger partial charge in [0.05, 0.1) is 0 Å². The van der Waals surface area contributed by atoms with Gasteiger partial charge in [-0.05, 0) is 17.8 Å². The van der Waals surface area contributed by atoms with E-state index in [1.54, 1.807) is 12.4 Å². The summed E-state index contributed by atoms with van der Waals surface area (Å²) in [5.41, 5.74) is 1.06. The first-order valence-corrected chi connectivity index (χ1v) is 5.37. The number of hydrogen-bond donors (Lipinski definition) is 0. The normalized spacial score (nSPS) is 9.78. The molecular formula is C14H10IrN3-. The van der Waals surface area contributed by atoms with Crippen molar-refractivity contribution < 1.29 is 20.1 Å². The van der Waals surface area contributed by atoms with Gasteiger partial charge in [-0.25, -0.2) is 0 Å².